The second-order valence-electron chi connectivity index (χ2n) is 6.68. The highest BCUT2D eigenvalue weighted by molar-refractivity contribution is 4.93. The van der Waals surface area contributed by atoms with Crippen LogP contribution in [0.3, 0.4) is 0 Å². The van der Waals surface area contributed by atoms with Gasteiger partial charge in [0.15, 0.2) is 0 Å². The van der Waals surface area contributed by atoms with E-state index in [9.17, 15) is 0 Å². The zero-order valence-corrected chi connectivity index (χ0v) is 13.0. The largest absolute Gasteiger partial charge is 0.337 e. The molecule has 3 rings (SSSR count). The summed E-state index contributed by atoms with van der Waals surface area (Å²) in [5.74, 6) is 2.16. The normalized spacial score (nSPS) is 26.4. The number of piperazine rings is 1. The van der Waals surface area contributed by atoms with Crippen LogP contribution < -0.4 is 0 Å². The van der Waals surface area contributed by atoms with Gasteiger partial charge in [0, 0.05) is 51.7 Å². The predicted octanol–water partition coefficient (Wildman–Crippen LogP) is 2.12. The number of nitrogens with zero attached hydrogens (tertiary/aromatic N) is 4. The molecule has 1 atom stereocenters. The van der Waals surface area contributed by atoms with E-state index in [1.54, 1.807) is 0 Å². The Kier molecular flexibility index (Phi) is 4.41. The number of aromatic nitrogens is 2. The van der Waals surface area contributed by atoms with Crippen LogP contribution in [0.15, 0.2) is 12.4 Å². The molecule has 1 saturated carbocycles. The minimum Gasteiger partial charge on any atom is -0.337 e. The van der Waals surface area contributed by atoms with E-state index < -0.39 is 0 Å². The van der Waals surface area contributed by atoms with Crippen LogP contribution >= 0.6 is 0 Å². The van der Waals surface area contributed by atoms with Gasteiger partial charge in [-0.2, -0.15) is 0 Å². The minimum atomic E-state index is 0.641. The summed E-state index contributed by atoms with van der Waals surface area (Å²) in [5, 5.41) is 0. The fourth-order valence-corrected chi connectivity index (χ4v) is 3.76. The molecule has 2 aliphatic rings. The first-order valence-electron chi connectivity index (χ1n) is 8.15. The molecule has 4 heteroatoms. The van der Waals surface area contributed by atoms with E-state index in [1.807, 2.05) is 12.4 Å². The van der Waals surface area contributed by atoms with Crippen molar-refractivity contribution in [2.24, 2.45) is 13.0 Å². The van der Waals surface area contributed by atoms with Crippen molar-refractivity contribution in [2.45, 2.75) is 45.2 Å². The maximum Gasteiger partial charge on any atom is 0.122 e. The molecule has 0 unspecified atom stereocenters. The highest BCUT2D eigenvalue weighted by Gasteiger charge is 2.26. The molecule has 0 bridgehead atoms. The van der Waals surface area contributed by atoms with Gasteiger partial charge in [-0.25, -0.2) is 4.98 Å². The molecule has 1 aromatic heterocycles. The van der Waals surface area contributed by atoms with Crippen molar-refractivity contribution in [1.82, 2.24) is 19.4 Å². The fraction of sp³-hybridized carbons (Fsp3) is 0.812. The van der Waals surface area contributed by atoms with Gasteiger partial charge in [0.1, 0.15) is 5.82 Å². The van der Waals surface area contributed by atoms with Crippen molar-refractivity contribution in [3.8, 4) is 0 Å². The van der Waals surface area contributed by atoms with Gasteiger partial charge >= 0.3 is 0 Å². The van der Waals surface area contributed by atoms with Crippen molar-refractivity contribution in [3.63, 3.8) is 0 Å². The average molecular weight is 276 g/mol. The summed E-state index contributed by atoms with van der Waals surface area (Å²) in [6, 6.07) is 0.641. The van der Waals surface area contributed by atoms with Crippen LogP contribution in [0.1, 0.15) is 38.4 Å². The van der Waals surface area contributed by atoms with Crippen LogP contribution in [0.4, 0.5) is 0 Å². The standard InChI is InChI=1S/C16H28N4/c1-14-11-19(12-15-5-3-4-6-15)9-10-20(14)13-16-17-7-8-18(16)2/h7-8,14-15H,3-6,9-13H2,1-2H3/t14-/m0/s1. The zero-order valence-electron chi connectivity index (χ0n) is 13.0. The molecule has 0 radical (unpaired) electrons. The first-order valence-corrected chi connectivity index (χ1v) is 8.15. The Morgan fingerprint density at radius 1 is 1.25 bits per heavy atom. The molecule has 0 spiro atoms. The molecule has 0 N–H and O–H groups in total. The van der Waals surface area contributed by atoms with Crippen molar-refractivity contribution in [3.05, 3.63) is 18.2 Å². The van der Waals surface area contributed by atoms with Gasteiger partial charge < -0.3 is 9.47 Å². The minimum absolute atomic E-state index is 0.641. The van der Waals surface area contributed by atoms with E-state index in [1.165, 1.54) is 57.7 Å². The second kappa shape index (κ2) is 6.27. The summed E-state index contributed by atoms with van der Waals surface area (Å²) in [6.07, 6.45) is 9.77. The zero-order chi connectivity index (χ0) is 13.9. The Hall–Kier alpha value is -0.870. The third kappa shape index (κ3) is 3.23. The molecule has 1 aliphatic heterocycles. The van der Waals surface area contributed by atoms with E-state index in [0.717, 1.165) is 12.5 Å². The Bertz CT molecular complexity index is 422. The molecule has 2 fully saturated rings. The quantitative estimate of drug-likeness (QED) is 0.842. The number of imidazole rings is 1. The van der Waals surface area contributed by atoms with Gasteiger partial charge in [-0.1, -0.05) is 12.8 Å². The third-order valence-corrected chi connectivity index (χ3v) is 5.11. The second-order valence-corrected chi connectivity index (χ2v) is 6.68. The smallest absolute Gasteiger partial charge is 0.122 e. The Morgan fingerprint density at radius 3 is 2.70 bits per heavy atom. The summed E-state index contributed by atoms with van der Waals surface area (Å²) in [6.45, 7) is 8.32. The molecule has 1 saturated heterocycles. The molecule has 112 valence electrons. The van der Waals surface area contributed by atoms with Gasteiger partial charge in [-0.3, -0.25) is 4.90 Å². The summed E-state index contributed by atoms with van der Waals surface area (Å²) >= 11 is 0. The van der Waals surface area contributed by atoms with Gasteiger partial charge in [-0.05, 0) is 25.7 Å². The van der Waals surface area contributed by atoms with Crippen molar-refractivity contribution >= 4 is 0 Å². The van der Waals surface area contributed by atoms with Crippen molar-refractivity contribution in [2.75, 3.05) is 26.2 Å². The lowest BCUT2D eigenvalue weighted by Gasteiger charge is -2.40. The van der Waals surface area contributed by atoms with E-state index in [2.05, 4.69) is 33.3 Å². The number of hydrogen-bond donors (Lipinski definition) is 0. The lowest BCUT2D eigenvalue weighted by Crippen LogP contribution is -2.52. The Balaban J connectivity index is 1.50. The van der Waals surface area contributed by atoms with E-state index in [-0.39, 0.29) is 0 Å². The van der Waals surface area contributed by atoms with Crippen molar-refractivity contribution < 1.29 is 0 Å². The molecule has 1 aromatic rings. The van der Waals surface area contributed by atoms with Crippen LogP contribution in [0, 0.1) is 5.92 Å². The lowest BCUT2D eigenvalue weighted by atomic mass is 10.1. The molecular weight excluding hydrogens is 248 g/mol. The molecule has 0 amide bonds. The summed E-state index contributed by atoms with van der Waals surface area (Å²) in [5.41, 5.74) is 0. The third-order valence-electron chi connectivity index (χ3n) is 5.11. The van der Waals surface area contributed by atoms with Crippen LogP contribution in [0.5, 0.6) is 0 Å². The lowest BCUT2D eigenvalue weighted by molar-refractivity contribution is 0.0659. The summed E-state index contributed by atoms with van der Waals surface area (Å²) in [4.78, 5) is 9.72. The van der Waals surface area contributed by atoms with Crippen LogP contribution in [0.25, 0.3) is 0 Å². The highest BCUT2D eigenvalue weighted by atomic mass is 15.3. The predicted molar refractivity (Wildman–Crippen MR) is 81.5 cm³/mol. The van der Waals surface area contributed by atoms with Gasteiger partial charge in [-0.15, -0.1) is 0 Å². The maximum atomic E-state index is 4.45. The fourth-order valence-electron chi connectivity index (χ4n) is 3.76. The summed E-state index contributed by atoms with van der Waals surface area (Å²) in [7, 11) is 2.09. The number of aryl methyl sites for hydroxylation is 1. The summed E-state index contributed by atoms with van der Waals surface area (Å²) < 4.78 is 2.14. The highest BCUT2D eigenvalue weighted by Crippen LogP contribution is 2.26. The van der Waals surface area contributed by atoms with Gasteiger partial charge in [0.05, 0.1) is 6.54 Å². The van der Waals surface area contributed by atoms with E-state index in [0.29, 0.717) is 6.04 Å². The van der Waals surface area contributed by atoms with E-state index in [4.69, 9.17) is 0 Å². The van der Waals surface area contributed by atoms with Crippen LogP contribution in [0.2, 0.25) is 0 Å². The maximum absolute atomic E-state index is 4.45. The molecule has 1 aliphatic carbocycles. The molecule has 2 heterocycles. The number of rotatable bonds is 4. The topological polar surface area (TPSA) is 24.3 Å². The Morgan fingerprint density at radius 2 is 2.05 bits per heavy atom. The van der Waals surface area contributed by atoms with Gasteiger partial charge in [0.2, 0.25) is 0 Å². The van der Waals surface area contributed by atoms with Crippen LogP contribution in [-0.4, -0.2) is 51.6 Å². The van der Waals surface area contributed by atoms with E-state index >= 15 is 0 Å². The molecule has 20 heavy (non-hydrogen) atoms. The molecular formula is C16H28N4. The monoisotopic (exact) mass is 276 g/mol. The number of hydrogen-bond acceptors (Lipinski definition) is 3. The average Bonchev–Trinajstić information content (AvgIpc) is 3.05. The SMILES string of the molecule is C[C@H]1CN(CC2CCCC2)CCN1Cc1nccn1C. The first kappa shape index (κ1) is 14.1. The molecule has 4 nitrogen and oxygen atoms in total. The van der Waals surface area contributed by atoms with Crippen molar-refractivity contribution in [1.29, 1.82) is 0 Å². The van der Waals surface area contributed by atoms with Crippen LogP contribution in [-0.2, 0) is 13.6 Å². The first-order chi connectivity index (χ1) is 9.72. The molecule has 0 aromatic carbocycles. The Labute approximate surface area is 122 Å². The van der Waals surface area contributed by atoms with Gasteiger partial charge in [0.25, 0.3) is 0 Å².